The van der Waals surface area contributed by atoms with Crippen LogP contribution >= 0.6 is 0 Å². The number of carbonyl (C=O) groups is 1. The van der Waals surface area contributed by atoms with Gasteiger partial charge in [0, 0.05) is 39.1 Å². The summed E-state index contributed by atoms with van der Waals surface area (Å²) in [6, 6.07) is 11.5. The number of para-hydroxylation sites is 1. The van der Waals surface area contributed by atoms with E-state index in [1.54, 1.807) is 7.05 Å². The van der Waals surface area contributed by atoms with Gasteiger partial charge in [-0.05, 0) is 38.1 Å². The first-order valence-corrected chi connectivity index (χ1v) is 9.98. The fourth-order valence-electron chi connectivity index (χ4n) is 2.60. The molecule has 0 aliphatic heterocycles. The van der Waals surface area contributed by atoms with Crippen molar-refractivity contribution in [3.05, 3.63) is 48.3 Å². The monoisotopic (exact) mass is 378 g/mol. The summed E-state index contributed by atoms with van der Waals surface area (Å²) in [7, 11) is 1.48. The van der Waals surface area contributed by atoms with Crippen LogP contribution in [-0.2, 0) is 17.1 Å². The number of hydrogen-bond acceptors (Lipinski definition) is 4. The second-order valence-corrected chi connectivity index (χ2v) is 7.99. The highest BCUT2D eigenvalue weighted by atomic mass is 32.2. The number of sulfonamides is 1. The number of anilines is 1. The van der Waals surface area contributed by atoms with Gasteiger partial charge in [-0.1, -0.05) is 18.2 Å². The molecule has 0 spiro atoms. The molecular formula is C18H26N4O3S. The predicted molar refractivity (Wildman–Crippen MR) is 103 cm³/mol. The van der Waals surface area contributed by atoms with E-state index in [2.05, 4.69) is 27.1 Å². The maximum atomic E-state index is 12.3. The number of carbonyl (C=O) groups excluding carboxylic acids is 1. The van der Waals surface area contributed by atoms with Crippen LogP contribution < -0.4 is 14.9 Å². The molecule has 2 rings (SSSR count). The summed E-state index contributed by atoms with van der Waals surface area (Å²) in [6.07, 6.45) is 3.21. The highest BCUT2D eigenvalue weighted by Crippen LogP contribution is 2.13. The first-order valence-electron chi connectivity index (χ1n) is 8.49. The molecule has 1 heterocycles. The largest absolute Gasteiger partial charge is 0.375 e. The van der Waals surface area contributed by atoms with Gasteiger partial charge in [0.2, 0.25) is 10.0 Å². The van der Waals surface area contributed by atoms with Crippen molar-refractivity contribution in [2.24, 2.45) is 7.05 Å². The molecule has 1 aromatic carbocycles. The van der Waals surface area contributed by atoms with Gasteiger partial charge >= 0.3 is 0 Å². The Bertz CT molecular complexity index is 831. The van der Waals surface area contributed by atoms with E-state index in [4.69, 9.17) is 0 Å². The third-order valence-corrected chi connectivity index (χ3v) is 5.58. The number of aryl methyl sites for hydroxylation is 1. The number of aromatic nitrogens is 1. The first kappa shape index (κ1) is 20.0. The van der Waals surface area contributed by atoms with Gasteiger partial charge in [0.25, 0.3) is 5.91 Å². The SMILES string of the molecule is CNS(=O)(=O)c1cc(C(=O)NCCCCN(C)c2ccccc2)n(C)c1. The van der Waals surface area contributed by atoms with Crippen molar-refractivity contribution in [1.82, 2.24) is 14.6 Å². The minimum atomic E-state index is -3.55. The summed E-state index contributed by atoms with van der Waals surface area (Å²) in [4.78, 5) is 14.5. The molecule has 0 fully saturated rings. The molecule has 1 amide bonds. The standard InChI is InChI=1S/C18H26N4O3S/c1-19-26(24,25)16-13-17(22(3)14-16)18(23)20-11-7-8-12-21(2)15-9-5-4-6-10-15/h4-6,9-10,13-14,19H,7-8,11-12H2,1-3H3,(H,20,23). The summed E-state index contributed by atoms with van der Waals surface area (Å²) >= 11 is 0. The van der Waals surface area contributed by atoms with Crippen molar-refractivity contribution in [3.8, 4) is 0 Å². The lowest BCUT2D eigenvalue weighted by atomic mass is 10.2. The zero-order chi connectivity index (χ0) is 19.2. The average Bonchev–Trinajstić information content (AvgIpc) is 3.04. The Morgan fingerprint density at radius 2 is 1.88 bits per heavy atom. The van der Waals surface area contributed by atoms with Crippen LogP contribution in [0.2, 0.25) is 0 Å². The van der Waals surface area contributed by atoms with E-state index in [-0.39, 0.29) is 10.8 Å². The molecule has 2 N–H and O–H groups in total. The molecule has 0 unspecified atom stereocenters. The van der Waals surface area contributed by atoms with Crippen molar-refractivity contribution in [2.75, 3.05) is 32.1 Å². The second-order valence-electron chi connectivity index (χ2n) is 6.10. The van der Waals surface area contributed by atoms with Gasteiger partial charge in [0.05, 0.1) is 0 Å². The van der Waals surface area contributed by atoms with Crippen LogP contribution in [0.1, 0.15) is 23.3 Å². The summed E-state index contributed by atoms with van der Waals surface area (Å²) in [5, 5.41) is 2.84. The molecule has 0 saturated carbocycles. The van der Waals surface area contributed by atoms with Gasteiger partial charge in [-0.3, -0.25) is 4.79 Å². The van der Waals surface area contributed by atoms with Crippen LogP contribution in [0.3, 0.4) is 0 Å². The highest BCUT2D eigenvalue weighted by molar-refractivity contribution is 7.89. The number of benzene rings is 1. The third kappa shape index (κ3) is 5.09. The summed E-state index contributed by atoms with van der Waals surface area (Å²) in [6.45, 7) is 1.44. The van der Waals surface area contributed by atoms with Crippen molar-refractivity contribution < 1.29 is 13.2 Å². The van der Waals surface area contributed by atoms with Crippen LogP contribution in [0.5, 0.6) is 0 Å². The second kappa shape index (κ2) is 8.86. The van der Waals surface area contributed by atoms with E-state index < -0.39 is 10.0 Å². The Kier molecular flexibility index (Phi) is 6.82. The number of rotatable bonds is 9. The number of amides is 1. The topological polar surface area (TPSA) is 83.4 Å². The van der Waals surface area contributed by atoms with Crippen molar-refractivity contribution in [2.45, 2.75) is 17.7 Å². The molecule has 0 atom stereocenters. The van der Waals surface area contributed by atoms with Crippen molar-refractivity contribution in [3.63, 3.8) is 0 Å². The van der Waals surface area contributed by atoms with Crippen molar-refractivity contribution in [1.29, 1.82) is 0 Å². The van der Waals surface area contributed by atoms with Gasteiger partial charge < -0.3 is 14.8 Å². The number of nitrogens with zero attached hydrogens (tertiary/aromatic N) is 2. The Morgan fingerprint density at radius 1 is 1.19 bits per heavy atom. The van der Waals surface area contributed by atoms with E-state index in [0.717, 1.165) is 19.4 Å². The summed E-state index contributed by atoms with van der Waals surface area (Å²) in [5.74, 6) is -0.276. The Balaban J connectivity index is 1.79. The Morgan fingerprint density at radius 3 is 2.54 bits per heavy atom. The normalized spacial score (nSPS) is 11.3. The fraction of sp³-hybridized carbons (Fsp3) is 0.389. The number of hydrogen-bond donors (Lipinski definition) is 2. The Hall–Kier alpha value is -2.32. The zero-order valence-corrected chi connectivity index (χ0v) is 16.2. The summed E-state index contributed by atoms with van der Waals surface area (Å²) < 4.78 is 27.4. The van der Waals surface area contributed by atoms with E-state index >= 15 is 0 Å². The van der Waals surface area contributed by atoms with Crippen LogP contribution in [-0.4, -0.2) is 46.1 Å². The molecule has 0 aliphatic carbocycles. The molecule has 142 valence electrons. The van der Waals surface area contributed by atoms with Crippen molar-refractivity contribution >= 4 is 21.6 Å². The number of nitrogens with one attached hydrogen (secondary N) is 2. The molecule has 2 aromatic rings. The van der Waals surface area contributed by atoms with E-state index in [0.29, 0.717) is 12.2 Å². The van der Waals surface area contributed by atoms with Crippen LogP contribution in [0.4, 0.5) is 5.69 Å². The predicted octanol–water partition coefficient (Wildman–Crippen LogP) is 1.58. The summed E-state index contributed by atoms with van der Waals surface area (Å²) in [5.41, 5.74) is 1.49. The lowest BCUT2D eigenvalue weighted by Gasteiger charge is -2.19. The van der Waals surface area contributed by atoms with Crippen LogP contribution in [0.15, 0.2) is 47.5 Å². The lowest BCUT2D eigenvalue weighted by Crippen LogP contribution is -2.27. The maximum absolute atomic E-state index is 12.3. The van der Waals surface area contributed by atoms with Gasteiger partial charge in [0.15, 0.2) is 0 Å². The molecule has 26 heavy (non-hydrogen) atoms. The molecule has 7 nitrogen and oxygen atoms in total. The van der Waals surface area contributed by atoms with E-state index in [1.807, 2.05) is 25.2 Å². The first-order chi connectivity index (χ1) is 12.3. The molecular weight excluding hydrogens is 352 g/mol. The molecule has 0 bridgehead atoms. The minimum absolute atomic E-state index is 0.0807. The lowest BCUT2D eigenvalue weighted by molar-refractivity contribution is 0.0945. The molecule has 8 heteroatoms. The van der Waals surface area contributed by atoms with Crippen LogP contribution in [0.25, 0.3) is 0 Å². The van der Waals surface area contributed by atoms with E-state index in [9.17, 15) is 13.2 Å². The average molecular weight is 378 g/mol. The number of unbranched alkanes of at least 4 members (excludes halogenated alkanes) is 1. The highest BCUT2D eigenvalue weighted by Gasteiger charge is 2.18. The maximum Gasteiger partial charge on any atom is 0.267 e. The molecule has 1 aromatic heterocycles. The smallest absolute Gasteiger partial charge is 0.267 e. The molecule has 0 aliphatic rings. The van der Waals surface area contributed by atoms with Gasteiger partial charge in [-0.2, -0.15) is 0 Å². The fourth-order valence-corrected chi connectivity index (χ4v) is 3.40. The van der Waals surface area contributed by atoms with E-state index in [1.165, 1.54) is 29.6 Å². The van der Waals surface area contributed by atoms with Gasteiger partial charge in [0.1, 0.15) is 10.6 Å². The third-order valence-electron chi connectivity index (χ3n) is 4.19. The molecule has 0 saturated heterocycles. The zero-order valence-electron chi connectivity index (χ0n) is 15.4. The molecule has 0 radical (unpaired) electrons. The Labute approximate surface area is 155 Å². The quantitative estimate of drug-likeness (QED) is 0.649. The van der Waals surface area contributed by atoms with Gasteiger partial charge in [-0.25, -0.2) is 13.1 Å². The van der Waals surface area contributed by atoms with Crippen LogP contribution in [0, 0.1) is 0 Å². The van der Waals surface area contributed by atoms with Gasteiger partial charge in [-0.15, -0.1) is 0 Å². The minimum Gasteiger partial charge on any atom is -0.375 e.